The lowest BCUT2D eigenvalue weighted by atomic mass is 10.1. The first-order valence-electron chi connectivity index (χ1n) is 7.50. The van der Waals surface area contributed by atoms with E-state index in [-0.39, 0.29) is 30.6 Å². The third-order valence-corrected chi connectivity index (χ3v) is 3.27. The number of amidine groups is 2. The molecule has 0 saturated heterocycles. The molecule has 1 rings (SSSR count). The number of nitrogens with one attached hydrogen (secondary N) is 2. The van der Waals surface area contributed by atoms with E-state index in [2.05, 4.69) is 0 Å². The van der Waals surface area contributed by atoms with Gasteiger partial charge in [0, 0.05) is 12.0 Å². The van der Waals surface area contributed by atoms with Gasteiger partial charge in [0.2, 0.25) is 0 Å². The second kappa shape index (κ2) is 14.2. The summed E-state index contributed by atoms with van der Waals surface area (Å²) in [5, 5.41) is 14.4. The van der Waals surface area contributed by atoms with Gasteiger partial charge < -0.3 is 16.2 Å². The van der Waals surface area contributed by atoms with Crippen molar-refractivity contribution >= 4 is 36.5 Å². The van der Waals surface area contributed by atoms with Crippen LogP contribution in [0.15, 0.2) is 24.3 Å². The third kappa shape index (κ3) is 11.7. The Morgan fingerprint density at radius 1 is 0.826 bits per heavy atom. The van der Waals surface area contributed by atoms with Crippen LogP contribution in [-0.2, 0) is 0 Å². The average molecular weight is 363 g/mol. The molecule has 0 aliphatic carbocycles. The fourth-order valence-corrected chi connectivity index (χ4v) is 2.05. The van der Waals surface area contributed by atoms with Gasteiger partial charge in [0.05, 0.1) is 12.4 Å². The first-order valence-corrected chi connectivity index (χ1v) is 7.50. The Labute approximate surface area is 151 Å². The van der Waals surface area contributed by atoms with Crippen LogP contribution in [0.4, 0.5) is 0 Å². The Morgan fingerprint density at radius 3 is 1.87 bits per heavy atom. The van der Waals surface area contributed by atoms with E-state index in [4.69, 9.17) is 27.0 Å². The van der Waals surface area contributed by atoms with Crippen molar-refractivity contribution in [3.63, 3.8) is 0 Å². The standard InChI is InChI=1S/C16H26N4O.2ClH/c17-15(18)7-5-3-1-2-4-6-12-21-14-10-8-13(9-11-14)16(19)20;;/h8-11H,1-7,12H2,(H3,17,18)(H3,19,20);2*1H. The Morgan fingerprint density at radius 2 is 1.35 bits per heavy atom. The Bertz CT molecular complexity index is 452. The number of rotatable bonds is 11. The summed E-state index contributed by atoms with van der Waals surface area (Å²) in [5.41, 5.74) is 11.4. The van der Waals surface area contributed by atoms with Gasteiger partial charge in [-0.05, 0) is 37.1 Å². The highest BCUT2D eigenvalue weighted by molar-refractivity contribution is 5.94. The molecule has 0 aliphatic rings. The zero-order chi connectivity index (χ0) is 15.5. The van der Waals surface area contributed by atoms with Crippen LogP contribution in [0.25, 0.3) is 0 Å². The monoisotopic (exact) mass is 362 g/mol. The fourth-order valence-electron chi connectivity index (χ4n) is 2.05. The van der Waals surface area contributed by atoms with Gasteiger partial charge in [0.1, 0.15) is 11.6 Å². The van der Waals surface area contributed by atoms with Gasteiger partial charge in [0.25, 0.3) is 0 Å². The number of benzene rings is 1. The number of hydrogen-bond acceptors (Lipinski definition) is 3. The average Bonchev–Trinajstić information content (AvgIpc) is 2.45. The summed E-state index contributed by atoms with van der Waals surface area (Å²) in [6, 6.07) is 7.29. The molecule has 0 heterocycles. The minimum absolute atomic E-state index is 0. The molecule has 1 aromatic rings. The van der Waals surface area contributed by atoms with Gasteiger partial charge in [-0.25, -0.2) is 0 Å². The largest absolute Gasteiger partial charge is 0.494 e. The molecule has 0 aromatic heterocycles. The van der Waals surface area contributed by atoms with Crippen molar-refractivity contribution in [3.05, 3.63) is 29.8 Å². The SMILES string of the molecule is Cl.Cl.N=C(N)CCCCCCCCOc1ccc(C(=N)N)cc1. The molecule has 23 heavy (non-hydrogen) atoms. The minimum atomic E-state index is 0. The third-order valence-electron chi connectivity index (χ3n) is 3.27. The molecular weight excluding hydrogens is 335 g/mol. The number of nitrogen functional groups attached to an aromatic ring is 1. The lowest BCUT2D eigenvalue weighted by molar-refractivity contribution is 0.304. The van der Waals surface area contributed by atoms with Crippen molar-refractivity contribution < 1.29 is 4.74 Å². The second-order valence-corrected chi connectivity index (χ2v) is 5.18. The molecule has 0 spiro atoms. The maximum Gasteiger partial charge on any atom is 0.122 e. The van der Waals surface area contributed by atoms with Crippen molar-refractivity contribution in [2.45, 2.75) is 44.9 Å². The fraction of sp³-hybridized carbons (Fsp3) is 0.500. The van der Waals surface area contributed by atoms with Crippen LogP contribution in [0.3, 0.4) is 0 Å². The molecule has 5 nitrogen and oxygen atoms in total. The van der Waals surface area contributed by atoms with Crippen LogP contribution in [0, 0.1) is 10.8 Å². The summed E-state index contributed by atoms with van der Waals surface area (Å²) in [4.78, 5) is 0. The van der Waals surface area contributed by atoms with Crippen LogP contribution in [0.1, 0.15) is 50.5 Å². The van der Waals surface area contributed by atoms with Crippen LogP contribution in [0.5, 0.6) is 5.75 Å². The highest BCUT2D eigenvalue weighted by atomic mass is 35.5. The van der Waals surface area contributed by atoms with E-state index in [0.29, 0.717) is 18.0 Å². The molecule has 6 N–H and O–H groups in total. The van der Waals surface area contributed by atoms with E-state index in [1.165, 1.54) is 12.8 Å². The number of hydrogen-bond donors (Lipinski definition) is 4. The molecular formula is C16H28Cl2N4O. The molecule has 0 bridgehead atoms. The van der Waals surface area contributed by atoms with Crippen LogP contribution in [-0.4, -0.2) is 18.3 Å². The normalized spacial score (nSPS) is 9.39. The van der Waals surface area contributed by atoms with Crippen molar-refractivity contribution in [2.24, 2.45) is 11.5 Å². The van der Waals surface area contributed by atoms with E-state index in [1.54, 1.807) is 12.1 Å². The smallest absolute Gasteiger partial charge is 0.122 e. The summed E-state index contributed by atoms with van der Waals surface area (Å²) >= 11 is 0. The van der Waals surface area contributed by atoms with E-state index >= 15 is 0 Å². The van der Waals surface area contributed by atoms with Crippen molar-refractivity contribution in [3.8, 4) is 5.75 Å². The summed E-state index contributed by atoms with van der Waals surface area (Å²) in [5.74, 6) is 1.19. The Hall–Kier alpha value is -1.46. The van der Waals surface area contributed by atoms with Crippen LogP contribution in [0.2, 0.25) is 0 Å². The highest BCUT2D eigenvalue weighted by Crippen LogP contribution is 2.13. The van der Waals surface area contributed by atoms with Gasteiger partial charge in [-0.1, -0.05) is 25.7 Å². The zero-order valence-corrected chi connectivity index (χ0v) is 15.0. The highest BCUT2D eigenvalue weighted by Gasteiger charge is 1.98. The summed E-state index contributed by atoms with van der Waals surface area (Å²) < 4.78 is 5.64. The molecule has 0 saturated carbocycles. The summed E-state index contributed by atoms with van der Waals surface area (Å²) in [7, 11) is 0. The van der Waals surface area contributed by atoms with Crippen molar-refractivity contribution in [1.82, 2.24) is 0 Å². The van der Waals surface area contributed by atoms with Gasteiger partial charge >= 0.3 is 0 Å². The van der Waals surface area contributed by atoms with Crippen molar-refractivity contribution in [2.75, 3.05) is 6.61 Å². The molecule has 132 valence electrons. The zero-order valence-electron chi connectivity index (χ0n) is 13.3. The van der Waals surface area contributed by atoms with Crippen LogP contribution < -0.4 is 16.2 Å². The van der Waals surface area contributed by atoms with Crippen molar-refractivity contribution in [1.29, 1.82) is 10.8 Å². The summed E-state index contributed by atoms with van der Waals surface area (Å²) in [6.45, 7) is 0.715. The van der Waals surface area contributed by atoms with Gasteiger partial charge in [-0.2, -0.15) is 0 Å². The van der Waals surface area contributed by atoms with E-state index in [0.717, 1.165) is 37.9 Å². The molecule has 0 aliphatic heterocycles. The number of halogens is 2. The van der Waals surface area contributed by atoms with E-state index in [9.17, 15) is 0 Å². The van der Waals surface area contributed by atoms with Gasteiger partial charge in [-0.3, -0.25) is 10.8 Å². The topological polar surface area (TPSA) is 109 Å². The van der Waals surface area contributed by atoms with E-state index < -0.39 is 0 Å². The Kier molecular flexibility index (Phi) is 14.6. The number of ether oxygens (including phenoxy) is 1. The second-order valence-electron chi connectivity index (χ2n) is 5.18. The molecule has 0 atom stereocenters. The number of nitrogens with two attached hydrogens (primary N) is 2. The lowest BCUT2D eigenvalue weighted by Gasteiger charge is -2.07. The number of unbranched alkanes of at least 4 members (excludes halogenated alkanes) is 5. The molecule has 7 heteroatoms. The molecule has 0 unspecified atom stereocenters. The van der Waals surface area contributed by atoms with Gasteiger partial charge in [0.15, 0.2) is 0 Å². The molecule has 0 amide bonds. The van der Waals surface area contributed by atoms with E-state index in [1.807, 2.05) is 12.1 Å². The molecule has 1 aromatic carbocycles. The lowest BCUT2D eigenvalue weighted by Crippen LogP contribution is -2.10. The summed E-state index contributed by atoms with van der Waals surface area (Å²) in [6.07, 6.45) is 7.48. The first kappa shape index (κ1) is 23.8. The maximum absolute atomic E-state index is 7.31. The predicted molar refractivity (Wildman–Crippen MR) is 102 cm³/mol. The maximum atomic E-state index is 7.31. The Balaban J connectivity index is 0. The van der Waals surface area contributed by atoms with Gasteiger partial charge in [-0.15, -0.1) is 24.8 Å². The molecule has 0 radical (unpaired) electrons. The minimum Gasteiger partial charge on any atom is -0.494 e. The first-order chi connectivity index (χ1) is 10.1. The predicted octanol–water partition coefficient (Wildman–Crippen LogP) is 3.86. The molecule has 0 fully saturated rings. The quantitative estimate of drug-likeness (QED) is 0.272. The van der Waals surface area contributed by atoms with Crippen LogP contribution >= 0.6 is 24.8 Å².